The molecule has 1 saturated heterocycles. The minimum absolute atomic E-state index is 0.0589. The largest absolute Gasteiger partial charge is 0.451 e. The van der Waals surface area contributed by atoms with E-state index in [0.29, 0.717) is 11.1 Å². The summed E-state index contributed by atoms with van der Waals surface area (Å²) >= 11 is 0. The second-order valence-corrected chi connectivity index (χ2v) is 16.6. The van der Waals surface area contributed by atoms with Gasteiger partial charge in [0.15, 0.2) is 25.8 Å². The third-order valence-corrected chi connectivity index (χ3v) is 12.0. The molecule has 0 aromatic heterocycles. The highest BCUT2D eigenvalue weighted by Crippen LogP contribution is 2.46. The third kappa shape index (κ3) is 6.44. The Morgan fingerprint density at radius 2 is 1.61 bits per heavy atom. The summed E-state index contributed by atoms with van der Waals surface area (Å²) in [4.78, 5) is 13.2. The molecule has 0 saturated carbocycles. The van der Waals surface area contributed by atoms with Crippen LogP contribution in [0.4, 0.5) is 0 Å². The van der Waals surface area contributed by atoms with Crippen molar-refractivity contribution in [2.75, 3.05) is 6.61 Å². The molecule has 2 unspecified atom stereocenters. The van der Waals surface area contributed by atoms with Gasteiger partial charge in [-0.3, -0.25) is 0 Å². The zero-order valence-corrected chi connectivity index (χ0v) is 24.5. The van der Waals surface area contributed by atoms with Gasteiger partial charge in [0.05, 0.1) is 12.2 Å². The number of aliphatic hydroxyl groups is 2. The van der Waals surface area contributed by atoms with Crippen LogP contribution in [0.25, 0.3) is 0 Å². The number of carbonyl (C=O) groups excluding carboxylic acids is 1. The van der Waals surface area contributed by atoms with Crippen LogP contribution in [0.3, 0.4) is 0 Å². The first-order valence-corrected chi connectivity index (χ1v) is 15.9. The molecule has 1 fully saturated rings. The first-order valence-electron chi connectivity index (χ1n) is 13.0. The molecule has 8 heteroatoms. The fourth-order valence-corrected chi connectivity index (χ4v) is 5.64. The lowest BCUT2D eigenvalue weighted by Gasteiger charge is -2.48. The van der Waals surface area contributed by atoms with Gasteiger partial charge < -0.3 is 28.8 Å². The molecular weight excluding hydrogens is 500 g/mol. The second-order valence-electron chi connectivity index (χ2n) is 11.8. The Labute approximate surface area is 227 Å². The molecule has 2 aromatic rings. The number of hydrogen-bond donors (Lipinski definition) is 2. The molecule has 1 aliphatic heterocycles. The van der Waals surface area contributed by atoms with Crippen molar-refractivity contribution in [1.82, 2.24) is 0 Å². The average Bonchev–Trinajstić information content (AvgIpc) is 3.21. The molecule has 1 heterocycles. The lowest BCUT2D eigenvalue weighted by Crippen LogP contribution is -2.64. The Morgan fingerprint density at radius 3 is 2.08 bits per heavy atom. The molecule has 208 valence electrons. The van der Waals surface area contributed by atoms with Gasteiger partial charge in [-0.05, 0) is 55.8 Å². The van der Waals surface area contributed by atoms with Gasteiger partial charge in [0, 0.05) is 0 Å². The van der Waals surface area contributed by atoms with Crippen molar-refractivity contribution < 1.29 is 33.6 Å². The van der Waals surface area contributed by atoms with E-state index < -0.39 is 50.1 Å². The van der Waals surface area contributed by atoms with Crippen LogP contribution in [0.5, 0.6) is 0 Å². The van der Waals surface area contributed by atoms with Crippen LogP contribution in [0, 0.1) is 0 Å². The number of rotatable bonds is 10. The summed E-state index contributed by atoms with van der Waals surface area (Å²) in [6.07, 6.45) is -3.47. The minimum atomic E-state index is -2.58. The lowest BCUT2D eigenvalue weighted by atomic mass is 9.84. The highest BCUT2D eigenvalue weighted by Gasteiger charge is 2.61. The third-order valence-electron chi connectivity index (χ3n) is 7.50. The van der Waals surface area contributed by atoms with E-state index >= 15 is 0 Å². The fraction of sp³-hybridized carbons (Fsp3) is 0.500. The van der Waals surface area contributed by atoms with Crippen molar-refractivity contribution in [3.8, 4) is 0 Å². The van der Waals surface area contributed by atoms with Gasteiger partial charge >= 0.3 is 5.97 Å². The van der Waals surface area contributed by atoms with Crippen LogP contribution in [0.1, 0.15) is 56.6 Å². The highest BCUT2D eigenvalue weighted by molar-refractivity contribution is 6.74. The number of aliphatic hydroxyl groups excluding tert-OH is 2. The zero-order chi connectivity index (χ0) is 28.4. The standard InChI is InChI=1S/C30H42O7Si/c1-9-23(35-27(33)22-18-14-11-15-19-22)30(20-34-29(5,6)37-30)26(36-38(7,8)28(2,3)4)25(32)24(31)21-16-12-10-13-17-21/h9-19,23-26,31-32H,1,20H2,2-8H3/t23-,24?,25?,26+,30+/m1/s1. The molecule has 2 aromatic carbocycles. The summed E-state index contributed by atoms with van der Waals surface area (Å²) in [5.74, 6) is -1.65. The summed E-state index contributed by atoms with van der Waals surface area (Å²) in [7, 11) is -2.58. The molecule has 0 amide bonds. The van der Waals surface area contributed by atoms with E-state index in [-0.39, 0.29) is 11.6 Å². The molecule has 2 N–H and O–H groups in total. The number of ether oxygens (including phenoxy) is 3. The molecular formula is C30H42O7Si. The van der Waals surface area contributed by atoms with Crippen molar-refractivity contribution in [3.05, 3.63) is 84.4 Å². The van der Waals surface area contributed by atoms with Crippen LogP contribution in [-0.4, -0.2) is 60.8 Å². The van der Waals surface area contributed by atoms with Gasteiger partial charge in [-0.2, -0.15) is 0 Å². The molecule has 5 atom stereocenters. The molecule has 38 heavy (non-hydrogen) atoms. The van der Waals surface area contributed by atoms with E-state index in [2.05, 4.69) is 40.4 Å². The Kier molecular flexibility index (Phi) is 9.08. The summed E-state index contributed by atoms with van der Waals surface area (Å²) in [6.45, 7) is 17.7. The van der Waals surface area contributed by atoms with Crippen molar-refractivity contribution in [3.63, 3.8) is 0 Å². The topological polar surface area (TPSA) is 94.5 Å². The maximum absolute atomic E-state index is 13.2. The maximum atomic E-state index is 13.2. The molecule has 0 radical (unpaired) electrons. The Morgan fingerprint density at radius 1 is 1.05 bits per heavy atom. The van der Waals surface area contributed by atoms with E-state index in [1.165, 1.54) is 6.08 Å². The first-order chi connectivity index (χ1) is 17.6. The Hall–Kier alpha value is -2.33. The molecule has 1 aliphatic rings. The molecule has 0 aliphatic carbocycles. The number of carbonyl (C=O) groups is 1. The average molecular weight is 543 g/mol. The van der Waals surface area contributed by atoms with E-state index in [4.69, 9.17) is 18.6 Å². The van der Waals surface area contributed by atoms with E-state index in [1.54, 1.807) is 62.4 Å². The summed E-state index contributed by atoms with van der Waals surface area (Å²) < 4.78 is 25.3. The minimum Gasteiger partial charge on any atom is -0.451 e. The predicted molar refractivity (Wildman–Crippen MR) is 149 cm³/mol. The summed E-state index contributed by atoms with van der Waals surface area (Å²) in [5, 5.41) is 22.9. The monoisotopic (exact) mass is 542 g/mol. The van der Waals surface area contributed by atoms with Crippen LogP contribution in [0.2, 0.25) is 18.1 Å². The predicted octanol–water partition coefficient (Wildman–Crippen LogP) is 5.40. The smallest absolute Gasteiger partial charge is 0.338 e. The van der Waals surface area contributed by atoms with Crippen LogP contribution in [0.15, 0.2) is 73.3 Å². The van der Waals surface area contributed by atoms with Crippen molar-refractivity contribution >= 4 is 14.3 Å². The molecule has 0 spiro atoms. The van der Waals surface area contributed by atoms with Gasteiger partial charge in [-0.1, -0.05) is 75.9 Å². The van der Waals surface area contributed by atoms with Crippen molar-refractivity contribution in [1.29, 1.82) is 0 Å². The fourth-order valence-electron chi connectivity index (χ4n) is 4.32. The van der Waals surface area contributed by atoms with Gasteiger partial charge in [0.2, 0.25) is 0 Å². The molecule has 3 rings (SSSR count). The number of benzene rings is 2. The molecule has 7 nitrogen and oxygen atoms in total. The Balaban J connectivity index is 2.12. The quantitative estimate of drug-likeness (QED) is 0.236. The van der Waals surface area contributed by atoms with Crippen molar-refractivity contribution in [2.45, 2.75) is 88.6 Å². The number of hydrogen-bond acceptors (Lipinski definition) is 7. The van der Waals surface area contributed by atoms with Gasteiger partial charge in [-0.25, -0.2) is 4.79 Å². The SMILES string of the molecule is C=C[C@@H](OC(=O)c1ccccc1)[C@]1([C@@H](O[Si](C)(C)C(C)(C)C)C(O)C(O)c2ccccc2)COC(C)(C)O1. The maximum Gasteiger partial charge on any atom is 0.338 e. The lowest BCUT2D eigenvalue weighted by molar-refractivity contribution is -0.225. The van der Waals surface area contributed by atoms with E-state index in [1.807, 2.05) is 12.1 Å². The van der Waals surface area contributed by atoms with Gasteiger partial charge in [0.25, 0.3) is 0 Å². The van der Waals surface area contributed by atoms with E-state index in [0.717, 1.165) is 0 Å². The first kappa shape index (κ1) is 30.2. The summed E-state index contributed by atoms with van der Waals surface area (Å²) in [6, 6.07) is 17.5. The molecule has 0 bridgehead atoms. The van der Waals surface area contributed by atoms with Crippen LogP contribution in [-0.2, 0) is 18.6 Å². The van der Waals surface area contributed by atoms with Crippen LogP contribution >= 0.6 is 0 Å². The Bertz CT molecular complexity index is 1080. The van der Waals surface area contributed by atoms with Gasteiger partial charge in [-0.15, -0.1) is 0 Å². The van der Waals surface area contributed by atoms with Gasteiger partial charge in [0.1, 0.15) is 18.3 Å². The van der Waals surface area contributed by atoms with Crippen molar-refractivity contribution in [2.24, 2.45) is 0 Å². The normalized spacial score (nSPS) is 22.8. The van der Waals surface area contributed by atoms with Crippen LogP contribution < -0.4 is 0 Å². The zero-order valence-electron chi connectivity index (χ0n) is 23.5. The highest BCUT2D eigenvalue weighted by atomic mass is 28.4. The number of esters is 1. The van der Waals surface area contributed by atoms with E-state index in [9.17, 15) is 15.0 Å². The second kappa shape index (κ2) is 11.4. The summed E-state index contributed by atoms with van der Waals surface area (Å²) in [5.41, 5.74) is -0.617.